The maximum absolute atomic E-state index is 6.26. The fourth-order valence-corrected chi connectivity index (χ4v) is 3.74. The van der Waals surface area contributed by atoms with Crippen molar-refractivity contribution in [3.63, 3.8) is 0 Å². The standard InChI is InChI=1S/C18H19Cl2N7O/c1-18(22)2-4-27(5-3-18)16-14(17-26-23-9-28-17)24-13(15(21)25-16)10-6-11(19)8-12(20)7-10/h6-9H,2-5,22H2,1H3,(H2,21,25). The molecule has 1 aliphatic rings. The Balaban J connectivity index is 1.82. The highest BCUT2D eigenvalue weighted by molar-refractivity contribution is 6.35. The first-order valence-corrected chi connectivity index (χ1v) is 9.52. The van der Waals surface area contributed by atoms with E-state index in [0.717, 1.165) is 25.9 Å². The van der Waals surface area contributed by atoms with Gasteiger partial charge in [0, 0.05) is 34.2 Å². The minimum atomic E-state index is -0.197. The quantitative estimate of drug-likeness (QED) is 0.662. The molecule has 10 heteroatoms. The van der Waals surface area contributed by atoms with Gasteiger partial charge in [-0.25, -0.2) is 9.97 Å². The third-order valence-corrected chi connectivity index (χ3v) is 5.24. The lowest BCUT2D eigenvalue weighted by molar-refractivity contribution is 0.363. The van der Waals surface area contributed by atoms with Crippen LogP contribution in [0, 0.1) is 0 Å². The number of hydrogen-bond acceptors (Lipinski definition) is 8. The molecule has 0 amide bonds. The molecule has 4 N–H and O–H groups in total. The molecule has 4 rings (SSSR count). The molecule has 0 atom stereocenters. The first-order chi connectivity index (χ1) is 13.3. The third kappa shape index (κ3) is 3.76. The Hall–Kier alpha value is -2.42. The summed E-state index contributed by atoms with van der Waals surface area (Å²) in [7, 11) is 0. The largest absolute Gasteiger partial charge is 0.422 e. The number of nitrogen functional groups attached to an aromatic ring is 1. The summed E-state index contributed by atoms with van der Waals surface area (Å²) in [5.74, 6) is 1.12. The minimum Gasteiger partial charge on any atom is -0.422 e. The van der Waals surface area contributed by atoms with Gasteiger partial charge in [-0.3, -0.25) is 0 Å². The van der Waals surface area contributed by atoms with Crippen molar-refractivity contribution in [3.8, 4) is 22.8 Å². The predicted molar refractivity (Wildman–Crippen MR) is 109 cm³/mol. The zero-order valence-corrected chi connectivity index (χ0v) is 16.7. The van der Waals surface area contributed by atoms with Gasteiger partial charge in [0.05, 0.1) is 0 Å². The van der Waals surface area contributed by atoms with E-state index >= 15 is 0 Å². The average Bonchev–Trinajstić information content (AvgIpc) is 3.15. The Kier molecular flexibility index (Phi) is 4.86. The molecule has 1 fully saturated rings. The first kappa shape index (κ1) is 18.9. The molecule has 2 aromatic heterocycles. The molecule has 1 saturated heterocycles. The number of benzene rings is 1. The zero-order valence-electron chi connectivity index (χ0n) is 15.2. The molecule has 28 heavy (non-hydrogen) atoms. The van der Waals surface area contributed by atoms with Crippen LogP contribution in [0.1, 0.15) is 19.8 Å². The first-order valence-electron chi connectivity index (χ1n) is 8.77. The van der Waals surface area contributed by atoms with E-state index in [1.165, 1.54) is 6.39 Å². The van der Waals surface area contributed by atoms with Gasteiger partial charge in [-0.1, -0.05) is 23.2 Å². The van der Waals surface area contributed by atoms with Crippen LogP contribution >= 0.6 is 23.2 Å². The highest BCUT2D eigenvalue weighted by atomic mass is 35.5. The number of nitrogens with two attached hydrogens (primary N) is 2. The molecular weight excluding hydrogens is 401 g/mol. The Morgan fingerprint density at radius 2 is 1.75 bits per heavy atom. The highest BCUT2D eigenvalue weighted by Crippen LogP contribution is 2.36. The van der Waals surface area contributed by atoms with E-state index in [-0.39, 0.29) is 17.2 Å². The summed E-state index contributed by atoms with van der Waals surface area (Å²) in [5.41, 5.74) is 13.9. The number of piperidine rings is 1. The average molecular weight is 420 g/mol. The molecule has 146 valence electrons. The van der Waals surface area contributed by atoms with Gasteiger partial charge in [-0.2, -0.15) is 0 Å². The van der Waals surface area contributed by atoms with Crippen LogP contribution in [-0.4, -0.2) is 38.8 Å². The molecule has 8 nitrogen and oxygen atoms in total. The van der Waals surface area contributed by atoms with E-state index in [1.807, 2.05) is 0 Å². The summed E-state index contributed by atoms with van der Waals surface area (Å²) >= 11 is 12.3. The lowest BCUT2D eigenvalue weighted by Gasteiger charge is -2.37. The van der Waals surface area contributed by atoms with E-state index in [1.54, 1.807) is 18.2 Å². The molecule has 1 aliphatic heterocycles. The van der Waals surface area contributed by atoms with Gasteiger partial charge in [0.25, 0.3) is 5.89 Å². The maximum atomic E-state index is 6.26. The molecule has 0 spiro atoms. The summed E-state index contributed by atoms with van der Waals surface area (Å²) in [6, 6.07) is 5.10. The van der Waals surface area contributed by atoms with E-state index in [2.05, 4.69) is 27.0 Å². The van der Waals surface area contributed by atoms with Gasteiger partial charge in [0.2, 0.25) is 6.39 Å². The lowest BCUT2D eigenvalue weighted by atomic mass is 9.91. The Morgan fingerprint density at radius 1 is 1.07 bits per heavy atom. The van der Waals surface area contributed by atoms with E-state index < -0.39 is 0 Å². The predicted octanol–water partition coefficient (Wildman–Crippen LogP) is 3.40. The molecule has 0 saturated carbocycles. The monoisotopic (exact) mass is 419 g/mol. The number of rotatable bonds is 3. The Morgan fingerprint density at radius 3 is 2.36 bits per heavy atom. The van der Waals surface area contributed by atoms with Gasteiger partial charge in [0.15, 0.2) is 17.3 Å². The summed E-state index contributed by atoms with van der Waals surface area (Å²) in [5, 5.41) is 8.73. The molecule has 0 aliphatic carbocycles. The fraction of sp³-hybridized carbons (Fsp3) is 0.333. The van der Waals surface area contributed by atoms with Crippen molar-refractivity contribution < 1.29 is 4.42 Å². The van der Waals surface area contributed by atoms with Crippen LogP contribution in [-0.2, 0) is 0 Å². The SMILES string of the molecule is CC1(N)CCN(c2nc(N)c(-c3cc(Cl)cc(Cl)c3)nc2-c2nnco2)CC1. The summed E-state index contributed by atoms with van der Waals surface area (Å²) in [6.07, 6.45) is 2.90. The van der Waals surface area contributed by atoms with Crippen LogP contribution in [0.5, 0.6) is 0 Å². The van der Waals surface area contributed by atoms with Crippen LogP contribution < -0.4 is 16.4 Å². The van der Waals surface area contributed by atoms with Gasteiger partial charge in [-0.15, -0.1) is 10.2 Å². The third-order valence-electron chi connectivity index (χ3n) is 4.81. The normalized spacial score (nSPS) is 16.4. The summed E-state index contributed by atoms with van der Waals surface area (Å²) in [4.78, 5) is 11.4. The van der Waals surface area contributed by atoms with Crippen molar-refractivity contribution in [1.82, 2.24) is 20.2 Å². The van der Waals surface area contributed by atoms with E-state index in [9.17, 15) is 0 Å². The van der Waals surface area contributed by atoms with Crippen molar-refractivity contribution in [2.75, 3.05) is 23.7 Å². The number of aromatic nitrogens is 4. The smallest absolute Gasteiger partial charge is 0.269 e. The van der Waals surface area contributed by atoms with Crippen LogP contribution in [0.25, 0.3) is 22.8 Å². The van der Waals surface area contributed by atoms with Crippen LogP contribution in [0.2, 0.25) is 10.0 Å². The van der Waals surface area contributed by atoms with Crippen LogP contribution in [0.4, 0.5) is 11.6 Å². The van der Waals surface area contributed by atoms with Gasteiger partial charge in [-0.05, 0) is 38.0 Å². The Labute approximate surface area is 171 Å². The molecule has 3 aromatic rings. The molecule has 1 aromatic carbocycles. The number of halogens is 2. The van der Waals surface area contributed by atoms with Crippen molar-refractivity contribution in [2.24, 2.45) is 5.73 Å². The summed E-state index contributed by atoms with van der Waals surface area (Å²) in [6.45, 7) is 3.50. The van der Waals surface area contributed by atoms with E-state index in [0.29, 0.717) is 32.8 Å². The number of hydrogen-bond donors (Lipinski definition) is 2. The molecule has 0 radical (unpaired) electrons. The summed E-state index contributed by atoms with van der Waals surface area (Å²) < 4.78 is 5.40. The van der Waals surface area contributed by atoms with E-state index in [4.69, 9.17) is 44.1 Å². The molecule has 0 unspecified atom stereocenters. The molecule has 3 heterocycles. The van der Waals surface area contributed by atoms with Crippen molar-refractivity contribution >= 4 is 34.8 Å². The topological polar surface area (TPSA) is 120 Å². The number of nitrogens with zero attached hydrogens (tertiary/aromatic N) is 5. The second kappa shape index (κ2) is 7.20. The maximum Gasteiger partial charge on any atom is 0.269 e. The second-order valence-electron chi connectivity index (χ2n) is 7.17. The van der Waals surface area contributed by atoms with Gasteiger partial charge < -0.3 is 20.8 Å². The highest BCUT2D eigenvalue weighted by Gasteiger charge is 2.30. The molecule has 0 bridgehead atoms. The van der Waals surface area contributed by atoms with Gasteiger partial charge in [0.1, 0.15) is 5.69 Å². The number of anilines is 2. The van der Waals surface area contributed by atoms with Crippen molar-refractivity contribution in [2.45, 2.75) is 25.3 Å². The zero-order chi connectivity index (χ0) is 19.9. The fourth-order valence-electron chi connectivity index (χ4n) is 3.21. The second-order valence-corrected chi connectivity index (χ2v) is 8.05. The van der Waals surface area contributed by atoms with Crippen LogP contribution in [0.15, 0.2) is 29.0 Å². The van der Waals surface area contributed by atoms with Crippen molar-refractivity contribution in [1.29, 1.82) is 0 Å². The van der Waals surface area contributed by atoms with Gasteiger partial charge >= 0.3 is 0 Å². The Bertz CT molecular complexity index is 977. The van der Waals surface area contributed by atoms with Crippen LogP contribution in [0.3, 0.4) is 0 Å². The lowest BCUT2D eigenvalue weighted by Crippen LogP contribution is -2.48. The molecular formula is C18H19Cl2N7O. The minimum absolute atomic E-state index is 0.197. The van der Waals surface area contributed by atoms with Crippen molar-refractivity contribution in [3.05, 3.63) is 34.6 Å².